The summed E-state index contributed by atoms with van der Waals surface area (Å²) in [5.74, 6) is 0. The van der Waals surface area contributed by atoms with E-state index in [-0.39, 0.29) is 6.10 Å². The molecule has 0 aliphatic carbocycles. The van der Waals surface area contributed by atoms with Crippen molar-refractivity contribution >= 4 is 11.6 Å². The molecule has 2 atom stereocenters. The number of likely N-dealkylation sites (tertiary alicyclic amines) is 1. The highest BCUT2D eigenvalue weighted by atomic mass is 35.5. The number of pyridine rings is 1. The van der Waals surface area contributed by atoms with Crippen molar-refractivity contribution in [1.82, 2.24) is 14.8 Å². The smallest absolute Gasteiger partial charge is 0.0682 e. The molecule has 1 aromatic rings. The van der Waals surface area contributed by atoms with E-state index in [1.807, 2.05) is 6.07 Å². The third-order valence-electron chi connectivity index (χ3n) is 3.23. The van der Waals surface area contributed by atoms with Crippen molar-refractivity contribution in [3.8, 4) is 0 Å². The van der Waals surface area contributed by atoms with Crippen LogP contribution in [-0.4, -0.2) is 59.2 Å². The second-order valence-electron chi connectivity index (χ2n) is 5.20. The van der Waals surface area contributed by atoms with Crippen LogP contribution in [0.25, 0.3) is 0 Å². The van der Waals surface area contributed by atoms with Gasteiger partial charge in [0.1, 0.15) is 0 Å². The molecule has 2 unspecified atom stereocenters. The third-order valence-corrected chi connectivity index (χ3v) is 3.46. The van der Waals surface area contributed by atoms with Gasteiger partial charge in [-0.05, 0) is 32.6 Å². The van der Waals surface area contributed by atoms with E-state index in [1.165, 1.54) is 0 Å². The van der Waals surface area contributed by atoms with E-state index in [0.717, 1.165) is 25.2 Å². The molecule has 1 aromatic heterocycles. The van der Waals surface area contributed by atoms with Crippen LogP contribution in [0.4, 0.5) is 0 Å². The first-order valence-electron chi connectivity index (χ1n) is 6.22. The van der Waals surface area contributed by atoms with Crippen molar-refractivity contribution in [2.45, 2.75) is 25.1 Å². The zero-order valence-corrected chi connectivity index (χ0v) is 11.6. The van der Waals surface area contributed by atoms with E-state index < -0.39 is 0 Å². The Morgan fingerprint density at radius 1 is 1.56 bits per heavy atom. The molecule has 1 saturated heterocycles. The fourth-order valence-corrected chi connectivity index (χ4v) is 2.69. The first-order valence-corrected chi connectivity index (χ1v) is 6.59. The Morgan fingerprint density at radius 3 is 3.00 bits per heavy atom. The monoisotopic (exact) mass is 269 g/mol. The standard InChI is InChI=1S/C13H20ClN3O/c1-16(2)8-12-6-13(18)9-17(12)7-11-5-10(14)3-4-15-11/h3-5,12-13,18H,6-9H2,1-2H3. The minimum absolute atomic E-state index is 0.228. The lowest BCUT2D eigenvalue weighted by molar-refractivity contribution is 0.168. The summed E-state index contributed by atoms with van der Waals surface area (Å²) in [6.45, 7) is 2.42. The predicted octanol–water partition coefficient (Wildman–Crippen LogP) is 1.23. The highest BCUT2D eigenvalue weighted by Crippen LogP contribution is 2.21. The van der Waals surface area contributed by atoms with E-state index in [2.05, 4.69) is 28.9 Å². The zero-order valence-electron chi connectivity index (χ0n) is 10.9. The molecule has 18 heavy (non-hydrogen) atoms. The lowest BCUT2D eigenvalue weighted by Gasteiger charge is -2.26. The summed E-state index contributed by atoms with van der Waals surface area (Å²) in [7, 11) is 4.11. The van der Waals surface area contributed by atoms with Gasteiger partial charge in [0.25, 0.3) is 0 Å². The molecular weight excluding hydrogens is 250 g/mol. The summed E-state index contributed by atoms with van der Waals surface area (Å²) < 4.78 is 0. The normalized spacial score (nSPS) is 24.9. The van der Waals surface area contributed by atoms with Crippen LogP contribution >= 0.6 is 11.6 Å². The van der Waals surface area contributed by atoms with E-state index >= 15 is 0 Å². The molecule has 0 aromatic carbocycles. The summed E-state index contributed by atoms with van der Waals surface area (Å²) >= 11 is 5.96. The summed E-state index contributed by atoms with van der Waals surface area (Å²) in [5.41, 5.74) is 0.959. The molecule has 2 heterocycles. The number of aromatic nitrogens is 1. The zero-order chi connectivity index (χ0) is 13.1. The Kier molecular flexibility index (Phi) is 4.56. The van der Waals surface area contributed by atoms with Crippen LogP contribution < -0.4 is 0 Å². The molecule has 0 bridgehead atoms. The average molecular weight is 270 g/mol. The molecule has 0 radical (unpaired) electrons. The van der Waals surface area contributed by atoms with Gasteiger partial charge >= 0.3 is 0 Å². The van der Waals surface area contributed by atoms with Crippen LogP contribution in [0, 0.1) is 0 Å². The molecule has 0 amide bonds. The maximum atomic E-state index is 9.81. The van der Waals surface area contributed by atoms with Crippen molar-refractivity contribution in [2.24, 2.45) is 0 Å². The first-order chi connectivity index (χ1) is 8.54. The van der Waals surface area contributed by atoms with Crippen LogP contribution in [0.15, 0.2) is 18.3 Å². The molecular formula is C13H20ClN3O. The summed E-state index contributed by atoms with van der Waals surface area (Å²) in [6, 6.07) is 4.05. The number of hydrogen-bond donors (Lipinski definition) is 1. The van der Waals surface area contributed by atoms with Crippen molar-refractivity contribution in [3.63, 3.8) is 0 Å². The molecule has 0 spiro atoms. The first kappa shape index (κ1) is 13.7. The Labute approximate surface area is 113 Å². The van der Waals surface area contributed by atoms with E-state index in [0.29, 0.717) is 17.6 Å². The summed E-state index contributed by atoms with van der Waals surface area (Å²) in [4.78, 5) is 8.76. The van der Waals surface area contributed by atoms with Crippen molar-refractivity contribution in [1.29, 1.82) is 0 Å². The van der Waals surface area contributed by atoms with Crippen molar-refractivity contribution in [3.05, 3.63) is 29.0 Å². The van der Waals surface area contributed by atoms with Gasteiger partial charge in [0.2, 0.25) is 0 Å². The number of nitrogens with zero attached hydrogens (tertiary/aromatic N) is 3. The predicted molar refractivity (Wildman–Crippen MR) is 72.6 cm³/mol. The molecule has 1 aliphatic rings. The Morgan fingerprint density at radius 2 is 2.33 bits per heavy atom. The number of rotatable bonds is 4. The number of hydrogen-bond acceptors (Lipinski definition) is 4. The largest absolute Gasteiger partial charge is 0.392 e. The number of aliphatic hydroxyl groups is 1. The average Bonchev–Trinajstić information content (AvgIpc) is 2.58. The van der Waals surface area contributed by atoms with Crippen molar-refractivity contribution in [2.75, 3.05) is 27.2 Å². The Bertz CT molecular complexity index is 400. The fraction of sp³-hybridized carbons (Fsp3) is 0.615. The highest BCUT2D eigenvalue weighted by Gasteiger charge is 2.31. The minimum Gasteiger partial charge on any atom is -0.392 e. The number of aliphatic hydroxyl groups excluding tert-OH is 1. The molecule has 1 aliphatic heterocycles. The maximum absolute atomic E-state index is 9.81. The SMILES string of the molecule is CN(C)CC1CC(O)CN1Cc1cc(Cl)ccn1. The van der Waals surface area contributed by atoms with E-state index in [4.69, 9.17) is 11.6 Å². The topological polar surface area (TPSA) is 39.6 Å². The second-order valence-corrected chi connectivity index (χ2v) is 5.64. The van der Waals surface area contributed by atoms with Crippen molar-refractivity contribution < 1.29 is 5.11 Å². The molecule has 2 rings (SSSR count). The van der Waals surface area contributed by atoms with Gasteiger partial charge in [-0.15, -0.1) is 0 Å². The lowest BCUT2D eigenvalue weighted by Crippen LogP contribution is -2.37. The molecule has 1 N–H and O–H groups in total. The van der Waals surface area contributed by atoms with Crippen LogP contribution in [0.1, 0.15) is 12.1 Å². The molecule has 5 heteroatoms. The molecule has 0 saturated carbocycles. The quantitative estimate of drug-likeness (QED) is 0.893. The van der Waals surface area contributed by atoms with E-state index in [9.17, 15) is 5.11 Å². The minimum atomic E-state index is -0.228. The Hall–Kier alpha value is -0.680. The lowest BCUT2D eigenvalue weighted by atomic mass is 10.2. The molecule has 100 valence electrons. The van der Waals surface area contributed by atoms with Crippen LogP contribution in [0.3, 0.4) is 0 Å². The number of halogens is 1. The highest BCUT2D eigenvalue weighted by molar-refractivity contribution is 6.30. The van der Waals surface area contributed by atoms with E-state index in [1.54, 1.807) is 12.3 Å². The van der Waals surface area contributed by atoms with Gasteiger partial charge < -0.3 is 10.0 Å². The molecule has 4 nitrogen and oxygen atoms in total. The summed E-state index contributed by atoms with van der Waals surface area (Å²) in [6.07, 6.45) is 2.33. The van der Waals surface area contributed by atoms with Crippen LogP contribution in [-0.2, 0) is 6.54 Å². The number of β-amino-alcohol motifs (C(OH)–C–C–N with tert-alkyl or cyclic N) is 1. The van der Waals surface area contributed by atoms with Crippen LogP contribution in [0.5, 0.6) is 0 Å². The van der Waals surface area contributed by atoms with Gasteiger partial charge in [0.05, 0.1) is 11.8 Å². The molecule has 1 fully saturated rings. The van der Waals surface area contributed by atoms with Gasteiger partial charge in [-0.25, -0.2) is 0 Å². The van der Waals surface area contributed by atoms with Gasteiger partial charge in [0, 0.05) is 36.9 Å². The van der Waals surface area contributed by atoms with Gasteiger partial charge in [-0.3, -0.25) is 9.88 Å². The van der Waals surface area contributed by atoms with Gasteiger partial charge in [-0.1, -0.05) is 11.6 Å². The maximum Gasteiger partial charge on any atom is 0.0682 e. The van der Waals surface area contributed by atoms with Gasteiger partial charge in [-0.2, -0.15) is 0 Å². The number of likely N-dealkylation sites (N-methyl/N-ethyl adjacent to an activating group) is 1. The van der Waals surface area contributed by atoms with Crippen LogP contribution in [0.2, 0.25) is 5.02 Å². The fourth-order valence-electron chi connectivity index (χ4n) is 2.51. The van der Waals surface area contributed by atoms with Gasteiger partial charge in [0.15, 0.2) is 0 Å². The third kappa shape index (κ3) is 3.65. The summed E-state index contributed by atoms with van der Waals surface area (Å²) in [5, 5.41) is 10.5. The second kappa shape index (κ2) is 5.97. The Balaban J connectivity index is 2.02.